The standard InChI is InChI=1S/C21H20ClFN2O4.C13H14ClNO3.C8H8FNO2.C6H5N3O.CH4/c1-11-13(5-7-17(24-3)20(11)22)8-15(12(2)26)21(29)25-10-19(28)14-4-6-16(23)18(27)9-14;1-7-9(4-5-11(15-3)12(7)14)6-10(8(2)16)13(17)18;9-6-2-1-5(3-7(6)11)8(12)4-10;10-9-6-4-2-1-3-5(6)7-8-9;/h4-7,9,12,15,26-27H,8,10H2,1-2H3,(H,25,29);4-5,8,10,16H,6H2,1-2H3,(H,17,18);1-3,11H,4,10H2;1-4,10H;1H4/t12-,15-;8-,10-;;;/m11.../s1. The first-order chi connectivity index (χ1) is 32.6. The summed E-state index contributed by atoms with van der Waals surface area (Å²) in [7, 11) is 0. The van der Waals surface area contributed by atoms with E-state index in [1.165, 1.54) is 26.0 Å². The number of aromatic nitrogens is 3. The van der Waals surface area contributed by atoms with Gasteiger partial charge in [-0.05, 0) is 117 Å². The van der Waals surface area contributed by atoms with E-state index in [1.807, 2.05) is 12.1 Å². The monoisotopic (exact) mass is 1010 g/mol. The second kappa shape index (κ2) is 27.5. The number of phenols is 2. The number of para-hydroxylation sites is 1. The molecule has 370 valence electrons. The summed E-state index contributed by atoms with van der Waals surface area (Å²) in [5.41, 5.74) is 10.1. The molecule has 0 bridgehead atoms. The average molecular weight is 1010 g/mol. The first-order valence-electron chi connectivity index (χ1n) is 20.5. The normalized spacial score (nSPS) is 12.0. The molecular weight excluding hydrogens is 955 g/mol. The van der Waals surface area contributed by atoms with Crippen molar-refractivity contribution in [2.75, 3.05) is 13.1 Å². The van der Waals surface area contributed by atoms with Crippen LogP contribution in [-0.4, -0.2) is 94.6 Å². The van der Waals surface area contributed by atoms with Crippen molar-refractivity contribution in [1.29, 1.82) is 0 Å². The minimum Gasteiger partial charge on any atom is -0.505 e. The van der Waals surface area contributed by atoms with Crippen LogP contribution in [0.5, 0.6) is 11.5 Å². The van der Waals surface area contributed by atoms with Crippen LogP contribution in [0, 0.1) is 50.5 Å². The van der Waals surface area contributed by atoms with Gasteiger partial charge in [0.1, 0.15) is 11.0 Å². The number of amides is 1. The summed E-state index contributed by atoms with van der Waals surface area (Å²) >= 11 is 12.2. The number of carboxylic acid groups (broad SMARTS) is 1. The average Bonchev–Trinajstić information content (AvgIpc) is 3.70. The van der Waals surface area contributed by atoms with Crippen LogP contribution in [-0.2, 0) is 22.4 Å². The maximum absolute atomic E-state index is 13.1. The summed E-state index contributed by atoms with van der Waals surface area (Å²) in [6.07, 6.45) is -1.59. The van der Waals surface area contributed by atoms with Gasteiger partial charge in [0.15, 0.2) is 34.7 Å². The number of aliphatic hydroxyl groups is 2. The number of carbonyl (C=O) groups excluding carboxylic acids is 3. The number of hydrogen-bond acceptors (Lipinski definition) is 12. The van der Waals surface area contributed by atoms with Crippen LogP contribution in [0.2, 0.25) is 10.0 Å². The SMILES string of the molecule is C.NCC(=O)c1ccc(F)c(O)c1.On1nnc2ccccc21.[C-]#[N+]c1ccc(C[C@@H](C(=O)NCC(=O)c2ccc(F)c(O)c2)[C@@H](C)O)c(C)c1Cl.[C-]#[N+]c1ccc(C[C@@H](C(=O)O)[C@@H](C)O)c(C)c1Cl. The number of nitrogens with two attached hydrogens (primary N) is 1. The quantitative estimate of drug-likeness (QED) is 0.0307. The molecule has 21 heteroatoms. The Morgan fingerprint density at radius 1 is 0.757 bits per heavy atom. The van der Waals surface area contributed by atoms with E-state index in [1.54, 1.807) is 50.2 Å². The van der Waals surface area contributed by atoms with Crippen LogP contribution in [0.1, 0.15) is 64.2 Å². The lowest BCUT2D eigenvalue weighted by molar-refractivity contribution is -0.145. The number of nitrogens with zero attached hydrogens (tertiary/aromatic N) is 5. The molecule has 1 aromatic heterocycles. The zero-order valence-corrected chi connectivity index (χ0v) is 38.9. The molecule has 17 nitrogen and oxygen atoms in total. The van der Waals surface area contributed by atoms with Crippen molar-refractivity contribution in [2.24, 2.45) is 17.6 Å². The van der Waals surface area contributed by atoms with Gasteiger partial charge in [-0.1, -0.05) is 71.9 Å². The molecule has 0 aliphatic rings. The highest BCUT2D eigenvalue weighted by Gasteiger charge is 2.27. The van der Waals surface area contributed by atoms with E-state index in [-0.39, 0.29) is 50.3 Å². The number of Topliss-reactive ketones (excluding diaryl/α,β-unsaturated/α-hetero) is 2. The van der Waals surface area contributed by atoms with Crippen LogP contribution in [0.3, 0.4) is 0 Å². The summed E-state index contributed by atoms with van der Waals surface area (Å²) in [5, 5.41) is 65.9. The van der Waals surface area contributed by atoms with Crippen LogP contribution in [0.25, 0.3) is 20.7 Å². The topological polar surface area (TPSA) is 267 Å². The molecule has 0 saturated heterocycles. The van der Waals surface area contributed by atoms with E-state index < -0.39 is 64.8 Å². The maximum atomic E-state index is 13.1. The van der Waals surface area contributed by atoms with Crippen molar-refractivity contribution in [3.63, 3.8) is 0 Å². The van der Waals surface area contributed by atoms with E-state index in [9.17, 15) is 43.3 Å². The molecule has 70 heavy (non-hydrogen) atoms. The van der Waals surface area contributed by atoms with Gasteiger partial charge in [0, 0.05) is 11.1 Å². The molecule has 9 N–H and O–H groups in total. The van der Waals surface area contributed by atoms with Gasteiger partial charge >= 0.3 is 5.97 Å². The molecule has 0 aliphatic carbocycles. The summed E-state index contributed by atoms with van der Waals surface area (Å²) in [5.74, 6) is -6.94. The molecule has 0 fully saturated rings. The zero-order valence-electron chi connectivity index (χ0n) is 37.4. The molecule has 0 unspecified atom stereocenters. The second-order valence-electron chi connectivity index (χ2n) is 15.1. The molecular formula is C49H51Cl2F2N7O10. The van der Waals surface area contributed by atoms with Crippen molar-refractivity contribution in [2.45, 2.75) is 60.2 Å². The lowest BCUT2D eigenvalue weighted by Crippen LogP contribution is -2.40. The highest BCUT2D eigenvalue weighted by Crippen LogP contribution is 2.33. The number of rotatable bonds is 13. The molecule has 5 aromatic carbocycles. The Kier molecular flexibility index (Phi) is 23.0. The van der Waals surface area contributed by atoms with Crippen LogP contribution >= 0.6 is 23.2 Å². The molecule has 0 spiro atoms. The Morgan fingerprint density at radius 2 is 1.21 bits per heavy atom. The van der Waals surface area contributed by atoms with E-state index in [0.717, 1.165) is 34.7 Å². The predicted molar refractivity (Wildman–Crippen MR) is 259 cm³/mol. The Hall–Kier alpha value is -7.52. The van der Waals surface area contributed by atoms with Crippen LogP contribution in [0.15, 0.2) is 84.9 Å². The molecule has 6 aromatic rings. The van der Waals surface area contributed by atoms with Gasteiger partial charge in [0.25, 0.3) is 0 Å². The van der Waals surface area contributed by atoms with Crippen LogP contribution < -0.4 is 11.1 Å². The summed E-state index contributed by atoms with van der Waals surface area (Å²) in [4.78, 5) is 54.0. The third-order valence-corrected chi connectivity index (χ3v) is 11.3. The number of aliphatic hydroxyl groups excluding tert-OH is 2. The van der Waals surface area contributed by atoms with E-state index in [4.69, 9.17) is 57.5 Å². The fourth-order valence-electron chi connectivity index (χ4n) is 6.20. The number of aromatic hydroxyl groups is 2. The van der Waals surface area contributed by atoms with Gasteiger partial charge in [0.05, 0.1) is 60.3 Å². The number of benzene rings is 5. The number of aliphatic carboxylic acids is 1. The number of halogens is 4. The number of fused-ring (bicyclic) bond motifs is 1. The molecule has 1 heterocycles. The van der Waals surface area contributed by atoms with Gasteiger partial charge < -0.3 is 41.8 Å². The number of carbonyl (C=O) groups is 4. The van der Waals surface area contributed by atoms with Crippen molar-refractivity contribution in [1.82, 2.24) is 20.5 Å². The predicted octanol–water partition coefficient (Wildman–Crippen LogP) is 8.38. The maximum Gasteiger partial charge on any atom is 0.309 e. The van der Waals surface area contributed by atoms with E-state index >= 15 is 0 Å². The highest BCUT2D eigenvalue weighted by atomic mass is 35.5. The number of hydrogen-bond donors (Lipinski definition) is 8. The first-order valence-corrected chi connectivity index (χ1v) is 21.2. The minimum atomic E-state index is -1.05. The lowest BCUT2D eigenvalue weighted by Gasteiger charge is -2.21. The van der Waals surface area contributed by atoms with Gasteiger partial charge in [0.2, 0.25) is 17.3 Å². The Labute approximate surface area is 411 Å². The zero-order chi connectivity index (χ0) is 51.7. The largest absolute Gasteiger partial charge is 0.505 e. The Balaban J connectivity index is 0.000000347. The molecule has 0 radical (unpaired) electrons. The number of phenolic OH excluding ortho intramolecular Hbond substituents is 2. The van der Waals surface area contributed by atoms with E-state index in [2.05, 4.69) is 25.3 Å². The Bertz CT molecular complexity index is 2900. The molecule has 1 amide bonds. The van der Waals surface area contributed by atoms with Gasteiger partial charge in [-0.25, -0.2) is 18.5 Å². The summed E-state index contributed by atoms with van der Waals surface area (Å²) in [6.45, 7) is 19.9. The fraction of sp³-hybridized carbons (Fsp3) is 0.265. The van der Waals surface area contributed by atoms with Gasteiger partial charge in [-0.2, -0.15) is 0 Å². The number of nitrogens with one attached hydrogen (secondary N) is 1. The highest BCUT2D eigenvalue weighted by molar-refractivity contribution is 6.34. The third kappa shape index (κ3) is 16.0. The van der Waals surface area contributed by atoms with Gasteiger partial charge in [-0.15, -0.1) is 5.10 Å². The van der Waals surface area contributed by atoms with Gasteiger partial charge in [-0.3, -0.25) is 19.2 Å². The fourth-order valence-corrected chi connectivity index (χ4v) is 6.66. The minimum absolute atomic E-state index is 0. The molecule has 4 atom stereocenters. The number of ketones is 2. The van der Waals surface area contributed by atoms with E-state index in [0.29, 0.717) is 49.1 Å². The number of carboxylic acids is 1. The summed E-state index contributed by atoms with van der Waals surface area (Å²) in [6, 6.07) is 20.2. The molecule has 6 rings (SSSR count). The van der Waals surface area contributed by atoms with Crippen LogP contribution in [0.4, 0.5) is 20.2 Å². The lowest BCUT2D eigenvalue weighted by atomic mass is 9.91. The van der Waals surface area contributed by atoms with Crippen molar-refractivity contribution < 1.29 is 58.7 Å². The van der Waals surface area contributed by atoms with Crippen molar-refractivity contribution >= 4 is 69.1 Å². The van der Waals surface area contributed by atoms with Crippen molar-refractivity contribution in [3.8, 4) is 11.5 Å². The smallest absolute Gasteiger partial charge is 0.309 e. The summed E-state index contributed by atoms with van der Waals surface area (Å²) < 4.78 is 25.6. The third-order valence-electron chi connectivity index (χ3n) is 10.4. The van der Waals surface area contributed by atoms with Crippen molar-refractivity contribution in [3.05, 3.63) is 163 Å². The first kappa shape index (κ1) is 58.6. The molecule has 0 saturated carbocycles. The second-order valence-corrected chi connectivity index (χ2v) is 15.9. The Morgan fingerprint density at radius 3 is 1.63 bits per heavy atom. The molecule has 0 aliphatic heterocycles.